The van der Waals surface area contributed by atoms with Gasteiger partial charge in [0, 0.05) is 38.3 Å². The molecule has 0 amide bonds. The number of hydrogen-bond donors (Lipinski definition) is 1. The summed E-state index contributed by atoms with van der Waals surface area (Å²) in [5.41, 5.74) is 6.20. The molecule has 1 saturated heterocycles. The van der Waals surface area contributed by atoms with Crippen molar-refractivity contribution < 1.29 is 13.2 Å². The average molecular weight is 265 g/mol. The Labute approximate surface area is 106 Å². The minimum atomic E-state index is -4.08. The number of nitrogens with two attached hydrogens (primary N) is 1. The molecule has 1 heterocycles. The van der Waals surface area contributed by atoms with E-state index in [-0.39, 0.29) is 5.54 Å². The third kappa shape index (κ3) is 4.10. The molecule has 1 aliphatic carbocycles. The van der Waals surface area contributed by atoms with E-state index >= 15 is 0 Å². The summed E-state index contributed by atoms with van der Waals surface area (Å²) < 4.78 is 36.8. The minimum absolute atomic E-state index is 0.0911. The van der Waals surface area contributed by atoms with E-state index in [1.54, 1.807) is 0 Å². The first-order chi connectivity index (χ1) is 8.36. The van der Waals surface area contributed by atoms with E-state index in [0.717, 1.165) is 19.4 Å². The Morgan fingerprint density at radius 2 is 1.44 bits per heavy atom. The Bertz CT molecular complexity index is 266. The van der Waals surface area contributed by atoms with Gasteiger partial charge in [0.2, 0.25) is 0 Å². The summed E-state index contributed by atoms with van der Waals surface area (Å²) in [7, 11) is 0. The van der Waals surface area contributed by atoms with Crippen molar-refractivity contribution in [3.8, 4) is 0 Å². The van der Waals surface area contributed by atoms with E-state index in [1.165, 1.54) is 17.7 Å². The number of halogens is 3. The summed E-state index contributed by atoms with van der Waals surface area (Å²) in [6, 6.07) is 0. The Morgan fingerprint density at radius 3 is 1.94 bits per heavy atom. The molecule has 18 heavy (non-hydrogen) atoms. The highest BCUT2D eigenvalue weighted by Crippen LogP contribution is 2.28. The predicted molar refractivity (Wildman–Crippen MR) is 64.3 cm³/mol. The van der Waals surface area contributed by atoms with Gasteiger partial charge in [-0.05, 0) is 12.8 Å². The molecule has 0 atom stereocenters. The molecule has 1 aliphatic heterocycles. The first-order valence-electron chi connectivity index (χ1n) is 6.67. The van der Waals surface area contributed by atoms with Gasteiger partial charge < -0.3 is 5.73 Å². The third-order valence-electron chi connectivity index (χ3n) is 4.01. The summed E-state index contributed by atoms with van der Waals surface area (Å²) in [5.74, 6) is 0. The molecule has 2 rings (SSSR count). The van der Waals surface area contributed by atoms with Crippen molar-refractivity contribution in [2.75, 3.05) is 39.3 Å². The molecular formula is C12H22F3N3. The van der Waals surface area contributed by atoms with Crippen LogP contribution >= 0.6 is 0 Å². The van der Waals surface area contributed by atoms with Gasteiger partial charge in [0.25, 0.3) is 0 Å². The van der Waals surface area contributed by atoms with E-state index in [2.05, 4.69) is 4.90 Å². The fraction of sp³-hybridized carbons (Fsp3) is 1.00. The Kier molecular flexibility index (Phi) is 4.18. The normalized spacial score (nSPS) is 26.7. The van der Waals surface area contributed by atoms with E-state index in [0.29, 0.717) is 26.2 Å². The molecule has 6 heteroatoms. The number of rotatable bonds is 3. The second-order valence-corrected chi connectivity index (χ2v) is 5.74. The van der Waals surface area contributed by atoms with Gasteiger partial charge in [0.05, 0.1) is 6.54 Å². The molecule has 0 aromatic carbocycles. The van der Waals surface area contributed by atoms with Crippen LogP contribution in [-0.4, -0.2) is 60.8 Å². The minimum Gasteiger partial charge on any atom is -0.324 e. The number of hydrogen-bond acceptors (Lipinski definition) is 3. The lowest BCUT2D eigenvalue weighted by Crippen LogP contribution is -2.55. The molecule has 2 fully saturated rings. The lowest BCUT2D eigenvalue weighted by Gasteiger charge is -2.38. The van der Waals surface area contributed by atoms with Crippen LogP contribution in [0.15, 0.2) is 0 Å². The van der Waals surface area contributed by atoms with Gasteiger partial charge in [-0.1, -0.05) is 12.8 Å². The van der Waals surface area contributed by atoms with E-state index in [4.69, 9.17) is 5.73 Å². The van der Waals surface area contributed by atoms with Gasteiger partial charge in [0.15, 0.2) is 0 Å². The van der Waals surface area contributed by atoms with Gasteiger partial charge in [0.1, 0.15) is 0 Å². The van der Waals surface area contributed by atoms with Crippen molar-refractivity contribution in [2.45, 2.75) is 37.4 Å². The predicted octanol–water partition coefficient (Wildman–Crippen LogP) is 1.44. The highest BCUT2D eigenvalue weighted by molar-refractivity contribution is 4.93. The molecule has 0 aromatic rings. The standard InChI is InChI=1S/C12H22F3N3/c13-12(14,15)10-18-7-5-17(6-8-18)9-11(16)3-1-2-4-11/h1-10,16H2. The zero-order valence-corrected chi connectivity index (χ0v) is 10.7. The summed E-state index contributed by atoms with van der Waals surface area (Å²) in [6.07, 6.45) is 0.392. The number of piperazine rings is 1. The number of nitrogens with zero attached hydrogens (tertiary/aromatic N) is 2. The maximum Gasteiger partial charge on any atom is 0.401 e. The summed E-state index contributed by atoms with van der Waals surface area (Å²) in [6.45, 7) is 2.46. The molecule has 2 N–H and O–H groups in total. The van der Waals surface area contributed by atoms with Crippen LogP contribution in [0, 0.1) is 0 Å². The van der Waals surface area contributed by atoms with Gasteiger partial charge >= 0.3 is 6.18 Å². The summed E-state index contributed by atoms with van der Waals surface area (Å²) >= 11 is 0. The van der Waals surface area contributed by atoms with Crippen LogP contribution < -0.4 is 5.73 Å². The molecule has 2 aliphatic rings. The van der Waals surface area contributed by atoms with Crippen molar-refractivity contribution in [3.63, 3.8) is 0 Å². The molecule has 0 spiro atoms. The highest BCUT2D eigenvalue weighted by Gasteiger charge is 2.35. The zero-order valence-electron chi connectivity index (χ0n) is 10.7. The Balaban J connectivity index is 1.73. The lowest BCUT2D eigenvalue weighted by molar-refractivity contribution is -0.149. The van der Waals surface area contributed by atoms with Crippen LogP contribution in [0.3, 0.4) is 0 Å². The van der Waals surface area contributed by atoms with E-state index < -0.39 is 12.7 Å². The summed E-state index contributed by atoms with van der Waals surface area (Å²) in [5, 5.41) is 0. The molecule has 0 aromatic heterocycles. The third-order valence-corrected chi connectivity index (χ3v) is 4.01. The first-order valence-corrected chi connectivity index (χ1v) is 6.67. The van der Waals surface area contributed by atoms with Gasteiger partial charge in [-0.3, -0.25) is 9.80 Å². The van der Waals surface area contributed by atoms with Crippen molar-refractivity contribution >= 4 is 0 Å². The van der Waals surface area contributed by atoms with Gasteiger partial charge in [-0.25, -0.2) is 0 Å². The van der Waals surface area contributed by atoms with E-state index in [9.17, 15) is 13.2 Å². The quantitative estimate of drug-likeness (QED) is 0.838. The maximum absolute atomic E-state index is 12.3. The van der Waals surface area contributed by atoms with Crippen LogP contribution in [0.25, 0.3) is 0 Å². The van der Waals surface area contributed by atoms with Crippen molar-refractivity contribution in [2.24, 2.45) is 5.73 Å². The molecule has 1 saturated carbocycles. The zero-order chi connectivity index (χ0) is 13.2. The van der Waals surface area contributed by atoms with Crippen molar-refractivity contribution in [1.29, 1.82) is 0 Å². The van der Waals surface area contributed by atoms with Crippen LogP contribution in [0.4, 0.5) is 13.2 Å². The molecule has 106 valence electrons. The Hall–Kier alpha value is -0.330. The lowest BCUT2D eigenvalue weighted by atomic mass is 9.98. The SMILES string of the molecule is NC1(CN2CCN(CC(F)(F)F)CC2)CCCC1. The Morgan fingerprint density at radius 1 is 0.944 bits per heavy atom. The van der Waals surface area contributed by atoms with Crippen LogP contribution in [0.5, 0.6) is 0 Å². The second-order valence-electron chi connectivity index (χ2n) is 5.74. The highest BCUT2D eigenvalue weighted by atomic mass is 19.4. The van der Waals surface area contributed by atoms with Crippen molar-refractivity contribution in [3.05, 3.63) is 0 Å². The van der Waals surface area contributed by atoms with Gasteiger partial charge in [-0.15, -0.1) is 0 Å². The fourth-order valence-corrected chi connectivity index (χ4v) is 3.04. The largest absolute Gasteiger partial charge is 0.401 e. The fourth-order valence-electron chi connectivity index (χ4n) is 3.04. The second kappa shape index (κ2) is 5.35. The monoisotopic (exact) mass is 265 g/mol. The molecule has 0 bridgehead atoms. The molecule has 0 unspecified atom stereocenters. The van der Waals surface area contributed by atoms with Crippen LogP contribution in [0.1, 0.15) is 25.7 Å². The number of alkyl halides is 3. The maximum atomic E-state index is 12.3. The van der Waals surface area contributed by atoms with Crippen LogP contribution in [-0.2, 0) is 0 Å². The average Bonchev–Trinajstić information content (AvgIpc) is 2.66. The van der Waals surface area contributed by atoms with Crippen molar-refractivity contribution in [1.82, 2.24) is 9.80 Å². The molecular weight excluding hydrogens is 243 g/mol. The smallest absolute Gasteiger partial charge is 0.324 e. The topological polar surface area (TPSA) is 32.5 Å². The van der Waals surface area contributed by atoms with E-state index in [1.807, 2.05) is 0 Å². The summed E-state index contributed by atoms with van der Waals surface area (Å²) in [4.78, 5) is 3.70. The molecule has 3 nitrogen and oxygen atoms in total. The molecule has 0 radical (unpaired) electrons. The first kappa shape index (κ1) is 14.1. The van der Waals surface area contributed by atoms with Gasteiger partial charge in [-0.2, -0.15) is 13.2 Å². The van der Waals surface area contributed by atoms with Crippen LogP contribution in [0.2, 0.25) is 0 Å².